The minimum absolute atomic E-state index is 0.445. The van der Waals surface area contributed by atoms with Gasteiger partial charge in [0.2, 0.25) is 0 Å². The Kier molecular flexibility index (Phi) is 3.82. The lowest BCUT2D eigenvalue weighted by Gasteiger charge is -2.21. The molecule has 0 aromatic rings. The first kappa shape index (κ1) is 12.1. The minimum Gasteiger partial charge on any atom is -0.329 e. The molecule has 0 saturated heterocycles. The van der Waals surface area contributed by atoms with Gasteiger partial charge in [-0.05, 0) is 25.7 Å². The zero-order chi connectivity index (χ0) is 11.5. The quantitative estimate of drug-likeness (QED) is 0.778. The third-order valence-electron chi connectivity index (χ3n) is 2.28. The predicted molar refractivity (Wildman–Crippen MR) is 49.4 cm³/mol. The Labute approximate surface area is 86.6 Å². The van der Waals surface area contributed by atoms with Crippen molar-refractivity contribution in [3.63, 3.8) is 0 Å². The van der Waals surface area contributed by atoms with Crippen molar-refractivity contribution in [3.05, 3.63) is 0 Å². The summed E-state index contributed by atoms with van der Waals surface area (Å²) in [7, 11) is 0. The van der Waals surface area contributed by atoms with Gasteiger partial charge in [0, 0.05) is 13.1 Å². The van der Waals surface area contributed by atoms with Gasteiger partial charge >= 0.3 is 12.2 Å². The Balaban J connectivity index is 2.28. The minimum atomic E-state index is -4.34. The molecule has 3 nitrogen and oxygen atoms in total. The largest absolute Gasteiger partial charge is 0.405 e. The summed E-state index contributed by atoms with van der Waals surface area (Å²) in [4.78, 5) is 12.7. The Hall–Kier alpha value is -0.940. The highest BCUT2D eigenvalue weighted by molar-refractivity contribution is 5.74. The third-order valence-corrected chi connectivity index (χ3v) is 2.28. The van der Waals surface area contributed by atoms with E-state index < -0.39 is 18.8 Å². The summed E-state index contributed by atoms with van der Waals surface area (Å²) in [5.74, 6) is 0.488. The lowest BCUT2D eigenvalue weighted by Crippen LogP contribution is -2.44. The molecule has 88 valence electrons. The molecule has 0 heterocycles. The zero-order valence-electron chi connectivity index (χ0n) is 8.60. The number of nitrogens with zero attached hydrogens (tertiary/aromatic N) is 1. The van der Waals surface area contributed by atoms with Crippen LogP contribution in [0.5, 0.6) is 0 Å². The van der Waals surface area contributed by atoms with Crippen LogP contribution in [0.25, 0.3) is 0 Å². The lowest BCUT2D eigenvalue weighted by molar-refractivity contribution is -0.123. The standard InChI is InChI=1S/C9H15F3N2O/c1-2-14(5-7-3-4-7)8(15)13-6-9(10,11)12/h7H,2-6H2,1H3,(H,13,15). The van der Waals surface area contributed by atoms with Gasteiger partial charge < -0.3 is 10.2 Å². The maximum Gasteiger partial charge on any atom is 0.405 e. The second-order valence-electron chi connectivity index (χ2n) is 3.76. The van der Waals surface area contributed by atoms with E-state index in [2.05, 4.69) is 0 Å². The fourth-order valence-corrected chi connectivity index (χ4v) is 1.26. The van der Waals surface area contributed by atoms with Crippen LogP contribution in [0.4, 0.5) is 18.0 Å². The normalized spacial score (nSPS) is 16.3. The summed E-state index contributed by atoms with van der Waals surface area (Å²) < 4.78 is 35.5. The van der Waals surface area contributed by atoms with Gasteiger partial charge in [0.05, 0.1) is 0 Å². The molecule has 1 N–H and O–H groups in total. The highest BCUT2D eigenvalue weighted by Crippen LogP contribution is 2.29. The van der Waals surface area contributed by atoms with E-state index in [4.69, 9.17) is 0 Å². The summed E-state index contributed by atoms with van der Waals surface area (Å²) in [5.41, 5.74) is 0. The van der Waals surface area contributed by atoms with Gasteiger partial charge in [-0.1, -0.05) is 0 Å². The van der Waals surface area contributed by atoms with Gasteiger partial charge in [-0.2, -0.15) is 13.2 Å². The van der Waals surface area contributed by atoms with Gasteiger partial charge in [0.15, 0.2) is 0 Å². The SMILES string of the molecule is CCN(CC1CC1)C(=O)NCC(F)(F)F. The number of halogens is 3. The molecule has 6 heteroatoms. The van der Waals surface area contributed by atoms with E-state index in [1.165, 1.54) is 4.90 Å². The molecule has 1 saturated carbocycles. The van der Waals surface area contributed by atoms with Gasteiger partial charge in [-0.15, -0.1) is 0 Å². The number of nitrogens with one attached hydrogen (secondary N) is 1. The molecule has 2 amide bonds. The highest BCUT2D eigenvalue weighted by atomic mass is 19.4. The monoisotopic (exact) mass is 224 g/mol. The number of amides is 2. The second-order valence-corrected chi connectivity index (χ2v) is 3.76. The van der Waals surface area contributed by atoms with Crippen molar-refractivity contribution in [2.24, 2.45) is 5.92 Å². The number of rotatable bonds is 4. The first-order valence-electron chi connectivity index (χ1n) is 5.02. The maximum atomic E-state index is 11.8. The van der Waals surface area contributed by atoms with Crippen LogP contribution in [0.1, 0.15) is 19.8 Å². The van der Waals surface area contributed by atoms with E-state index >= 15 is 0 Å². The van der Waals surface area contributed by atoms with Crippen molar-refractivity contribution in [1.82, 2.24) is 10.2 Å². The molecule has 0 radical (unpaired) electrons. The van der Waals surface area contributed by atoms with Gasteiger partial charge in [0.25, 0.3) is 0 Å². The van der Waals surface area contributed by atoms with Crippen molar-refractivity contribution < 1.29 is 18.0 Å². The first-order chi connectivity index (χ1) is 6.92. The van der Waals surface area contributed by atoms with Crippen molar-refractivity contribution in [2.75, 3.05) is 19.6 Å². The number of urea groups is 1. The van der Waals surface area contributed by atoms with Crippen LogP contribution in [0, 0.1) is 5.92 Å². The molecule has 1 aliphatic carbocycles. The summed E-state index contributed by atoms with van der Waals surface area (Å²) in [6.45, 7) is 1.52. The van der Waals surface area contributed by atoms with E-state index in [0.717, 1.165) is 12.8 Å². The first-order valence-corrected chi connectivity index (χ1v) is 5.02. The van der Waals surface area contributed by atoms with E-state index in [-0.39, 0.29) is 0 Å². The Morgan fingerprint density at radius 1 is 1.47 bits per heavy atom. The Morgan fingerprint density at radius 2 is 2.07 bits per heavy atom. The van der Waals surface area contributed by atoms with Crippen molar-refractivity contribution in [1.29, 1.82) is 0 Å². The lowest BCUT2D eigenvalue weighted by atomic mass is 10.4. The van der Waals surface area contributed by atoms with E-state index in [0.29, 0.717) is 19.0 Å². The third kappa shape index (κ3) is 4.90. The van der Waals surface area contributed by atoms with Gasteiger partial charge in [-0.25, -0.2) is 4.79 Å². The average molecular weight is 224 g/mol. The molecular weight excluding hydrogens is 209 g/mol. The van der Waals surface area contributed by atoms with Crippen molar-refractivity contribution >= 4 is 6.03 Å². The molecule has 1 aliphatic rings. The molecule has 0 bridgehead atoms. The summed E-state index contributed by atoms with van der Waals surface area (Å²) in [6, 6.07) is -0.623. The number of alkyl halides is 3. The molecule has 15 heavy (non-hydrogen) atoms. The van der Waals surface area contributed by atoms with Crippen molar-refractivity contribution in [3.8, 4) is 0 Å². The maximum absolute atomic E-state index is 11.8. The van der Waals surface area contributed by atoms with Crippen LogP contribution in [0.15, 0.2) is 0 Å². The summed E-state index contributed by atoms with van der Waals surface area (Å²) in [6.07, 6.45) is -2.19. The Bertz CT molecular complexity index is 226. The molecule has 0 aromatic carbocycles. The topological polar surface area (TPSA) is 32.3 Å². The predicted octanol–water partition coefficient (Wildman–Crippen LogP) is 1.99. The number of hydrogen-bond donors (Lipinski definition) is 1. The molecular formula is C9H15F3N2O. The molecule has 0 aromatic heterocycles. The zero-order valence-corrected chi connectivity index (χ0v) is 8.60. The van der Waals surface area contributed by atoms with Crippen LogP contribution < -0.4 is 5.32 Å². The van der Waals surface area contributed by atoms with Crippen LogP contribution >= 0.6 is 0 Å². The van der Waals surface area contributed by atoms with E-state index in [1.54, 1.807) is 6.92 Å². The van der Waals surface area contributed by atoms with E-state index in [1.807, 2.05) is 5.32 Å². The van der Waals surface area contributed by atoms with Crippen LogP contribution in [-0.4, -0.2) is 36.7 Å². The summed E-state index contributed by atoms with van der Waals surface area (Å²) in [5, 5.41) is 1.87. The Morgan fingerprint density at radius 3 is 2.47 bits per heavy atom. The number of carbonyl (C=O) groups excluding carboxylic acids is 1. The average Bonchev–Trinajstić information content (AvgIpc) is 2.92. The number of carbonyl (C=O) groups is 1. The molecule has 0 atom stereocenters. The van der Waals surface area contributed by atoms with Crippen LogP contribution in [0.2, 0.25) is 0 Å². The van der Waals surface area contributed by atoms with Gasteiger partial charge in [0.1, 0.15) is 6.54 Å². The molecule has 1 fully saturated rings. The molecule has 0 spiro atoms. The van der Waals surface area contributed by atoms with Crippen LogP contribution in [-0.2, 0) is 0 Å². The fourth-order valence-electron chi connectivity index (χ4n) is 1.26. The molecule has 1 rings (SSSR count). The van der Waals surface area contributed by atoms with Crippen LogP contribution in [0.3, 0.4) is 0 Å². The van der Waals surface area contributed by atoms with Gasteiger partial charge in [-0.3, -0.25) is 0 Å². The fraction of sp³-hybridized carbons (Fsp3) is 0.889. The van der Waals surface area contributed by atoms with E-state index in [9.17, 15) is 18.0 Å². The number of hydrogen-bond acceptors (Lipinski definition) is 1. The highest BCUT2D eigenvalue weighted by Gasteiger charge is 2.30. The van der Waals surface area contributed by atoms with Crippen molar-refractivity contribution in [2.45, 2.75) is 25.9 Å². The second kappa shape index (κ2) is 4.72. The molecule has 0 unspecified atom stereocenters. The summed E-state index contributed by atoms with van der Waals surface area (Å²) >= 11 is 0. The molecule has 0 aliphatic heterocycles. The smallest absolute Gasteiger partial charge is 0.329 e.